The SMILES string of the molecule is CN(C(=S)NC1N=C(C2=CCCC=C2)c2cc(Cl)ccc2N(C)C1=O)c1ccc(OC(F)(F)F)cc1. The number of rotatable bonds is 4. The summed E-state index contributed by atoms with van der Waals surface area (Å²) in [4.78, 5) is 21.2. The van der Waals surface area contributed by atoms with Gasteiger partial charge in [0.2, 0.25) is 6.17 Å². The van der Waals surface area contributed by atoms with Crippen LogP contribution < -0.4 is 19.9 Å². The molecule has 1 unspecified atom stereocenters. The monoisotopic (exact) mass is 534 g/mol. The maximum atomic E-state index is 13.4. The zero-order valence-electron chi connectivity index (χ0n) is 19.3. The van der Waals surface area contributed by atoms with E-state index in [2.05, 4.69) is 16.1 Å². The molecule has 2 aromatic carbocycles. The number of hydrogen-bond acceptors (Lipinski definition) is 4. The Balaban J connectivity index is 1.62. The lowest BCUT2D eigenvalue weighted by atomic mass is 9.96. The van der Waals surface area contributed by atoms with E-state index in [1.165, 1.54) is 34.1 Å². The molecule has 188 valence electrons. The number of amides is 1. The number of fused-ring (bicyclic) bond motifs is 1. The van der Waals surface area contributed by atoms with Gasteiger partial charge in [-0.3, -0.25) is 4.79 Å². The molecule has 0 bridgehead atoms. The molecule has 1 aliphatic carbocycles. The molecule has 11 heteroatoms. The number of alkyl halides is 3. The van der Waals surface area contributed by atoms with Crippen molar-refractivity contribution in [2.24, 2.45) is 4.99 Å². The molecule has 1 atom stereocenters. The Morgan fingerprint density at radius 2 is 1.94 bits per heavy atom. The molecule has 0 aromatic heterocycles. The van der Waals surface area contributed by atoms with Crippen molar-refractivity contribution in [3.05, 3.63) is 76.9 Å². The zero-order valence-corrected chi connectivity index (χ0v) is 20.9. The van der Waals surface area contributed by atoms with E-state index in [4.69, 9.17) is 28.8 Å². The number of thiocarbonyl (C=S) groups is 1. The van der Waals surface area contributed by atoms with Crippen LogP contribution in [0.5, 0.6) is 5.75 Å². The van der Waals surface area contributed by atoms with Crippen molar-refractivity contribution in [3.8, 4) is 5.75 Å². The van der Waals surface area contributed by atoms with Gasteiger partial charge in [0, 0.05) is 30.4 Å². The maximum Gasteiger partial charge on any atom is 0.573 e. The molecule has 1 aliphatic heterocycles. The minimum absolute atomic E-state index is 0.159. The number of halogens is 4. The number of likely N-dealkylation sites (N-methyl/N-ethyl adjacent to an activating group) is 1. The average molecular weight is 535 g/mol. The average Bonchev–Trinajstić information content (AvgIpc) is 2.94. The first kappa shape index (κ1) is 25.7. The summed E-state index contributed by atoms with van der Waals surface area (Å²) in [5.41, 5.74) is 3.36. The molecule has 1 amide bonds. The second kappa shape index (κ2) is 10.3. The summed E-state index contributed by atoms with van der Waals surface area (Å²) in [7, 11) is 3.28. The largest absolute Gasteiger partial charge is 0.573 e. The zero-order chi connectivity index (χ0) is 26.0. The molecule has 1 N–H and O–H groups in total. The van der Waals surface area contributed by atoms with Gasteiger partial charge in [0.05, 0.1) is 11.4 Å². The van der Waals surface area contributed by atoms with Gasteiger partial charge < -0.3 is 19.9 Å². The van der Waals surface area contributed by atoms with Gasteiger partial charge in [0.25, 0.3) is 5.91 Å². The Kier molecular flexibility index (Phi) is 7.37. The number of nitrogens with zero attached hydrogens (tertiary/aromatic N) is 3. The number of aliphatic imine (C=N–C) groups is 1. The van der Waals surface area contributed by atoms with E-state index in [0.717, 1.165) is 24.0 Å². The van der Waals surface area contributed by atoms with Gasteiger partial charge in [-0.1, -0.05) is 29.8 Å². The van der Waals surface area contributed by atoms with Crippen LogP contribution in [0.3, 0.4) is 0 Å². The second-order valence-corrected chi connectivity index (χ2v) is 8.95. The van der Waals surface area contributed by atoms with E-state index in [0.29, 0.717) is 22.1 Å². The molecular weight excluding hydrogens is 513 g/mol. The van der Waals surface area contributed by atoms with Gasteiger partial charge in [-0.25, -0.2) is 4.99 Å². The number of ether oxygens (including phenoxy) is 1. The molecule has 36 heavy (non-hydrogen) atoms. The fourth-order valence-electron chi connectivity index (χ4n) is 3.86. The topological polar surface area (TPSA) is 57.2 Å². The van der Waals surface area contributed by atoms with E-state index in [1.807, 2.05) is 12.2 Å². The Morgan fingerprint density at radius 3 is 2.58 bits per heavy atom. The Morgan fingerprint density at radius 1 is 1.22 bits per heavy atom. The predicted molar refractivity (Wildman–Crippen MR) is 139 cm³/mol. The van der Waals surface area contributed by atoms with E-state index in [-0.39, 0.29) is 16.8 Å². The van der Waals surface area contributed by atoms with E-state index >= 15 is 0 Å². The van der Waals surface area contributed by atoms with Crippen molar-refractivity contribution < 1.29 is 22.7 Å². The van der Waals surface area contributed by atoms with Crippen LogP contribution in [0.15, 0.2) is 71.3 Å². The summed E-state index contributed by atoms with van der Waals surface area (Å²) in [5, 5.41) is 3.67. The molecule has 6 nitrogen and oxygen atoms in total. The number of nitrogens with one attached hydrogen (secondary N) is 1. The Labute approximate surface area is 216 Å². The van der Waals surface area contributed by atoms with Crippen molar-refractivity contribution in [1.29, 1.82) is 0 Å². The number of anilines is 2. The van der Waals surface area contributed by atoms with Gasteiger partial charge in [0.15, 0.2) is 5.11 Å². The van der Waals surface area contributed by atoms with Gasteiger partial charge in [0.1, 0.15) is 5.75 Å². The van der Waals surface area contributed by atoms with Crippen molar-refractivity contribution in [3.63, 3.8) is 0 Å². The van der Waals surface area contributed by atoms with Crippen LogP contribution in [0, 0.1) is 0 Å². The van der Waals surface area contributed by atoms with Gasteiger partial charge in [-0.2, -0.15) is 0 Å². The highest BCUT2D eigenvalue weighted by atomic mass is 35.5. The Bertz CT molecular complexity index is 1280. The molecule has 2 aromatic rings. The van der Waals surface area contributed by atoms with Crippen molar-refractivity contribution in [1.82, 2.24) is 5.32 Å². The van der Waals surface area contributed by atoms with E-state index in [9.17, 15) is 18.0 Å². The highest BCUT2D eigenvalue weighted by molar-refractivity contribution is 7.80. The summed E-state index contributed by atoms with van der Waals surface area (Å²) in [6.45, 7) is 0. The standard InChI is InChI=1S/C25H22ClF3N4O2S/c1-32(17-9-11-18(12-10-17)35-25(27,28)29)24(36)31-22-23(34)33(2)20-13-8-16(26)14-19(20)21(30-22)15-6-4-3-5-7-15/h4,6-14,22H,3,5H2,1-2H3,(H,31,36). The third-order valence-corrected chi connectivity index (χ3v) is 6.32. The number of allylic oxidation sites excluding steroid dienone is 4. The first-order valence-corrected chi connectivity index (χ1v) is 11.7. The lowest BCUT2D eigenvalue weighted by Crippen LogP contribution is -2.49. The number of hydrogen-bond donors (Lipinski definition) is 1. The third-order valence-electron chi connectivity index (χ3n) is 5.69. The van der Waals surface area contributed by atoms with E-state index < -0.39 is 12.5 Å². The summed E-state index contributed by atoms with van der Waals surface area (Å²) < 4.78 is 41.3. The van der Waals surface area contributed by atoms with Crippen LogP contribution in [0.4, 0.5) is 24.5 Å². The second-order valence-electron chi connectivity index (χ2n) is 8.13. The highest BCUT2D eigenvalue weighted by Crippen LogP contribution is 2.31. The van der Waals surface area contributed by atoms with Gasteiger partial charge in [-0.15, -0.1) is 13.2 Å². The van der Waals surface area contributed by atoms with Crippen LogP contribution in [0.1, 0.15) is 18.4 Å². The fourth-order valence-corrected chi connectivity index (χ4v) is 4.25. The quantitative estimate of drug-likeness (QED) is 0.516. The number of carbonyl (C=O) groups is 1. The van der Waals surface area contributed by atoms with Crippen molar-refractivity contribution in [2.75, 3.05) is 23.9 Å². The number of benzodiazepines with no additional fused rings is 1. The molecule has 0 radical (unpaired) electrons. The first-order valence-electron chi connectivity index (χ1n) is 11.0. The molecule has 0 spiro atoms. The number of benzene rings is 2. The van der Waals surface area contributed by atoms with Crippen molar-refractivity contribution in [2.45, 2.75) is 25.4 Å². The molecule has 0 saturated carbocycles. The molecular formula is C25H22ClF3N4O2S. The molecule has 4 rings (SSSR count). The molecule has 0 saturated heterocycles. The van der Waals surface area contributed by atoms with Crippen LogP contribution in [0.25, 0.3) is 0 Å². The highest BCUT2D eigenvalue weighted by Gasteiger charge is 2.32. The normalized spacial score (nSPS) is 17.6. The van der Waals surface area contributed by atoms with Crippen LogP contribution in [0.2, 0.25) is 5.02 Å². The van der Waals surface area contributed by atoms with Gasteiger partial charge >= 0.3 is 6.36 Å². The summed E-state index contributed by atoms with van der Waals surface area (Å²) in [6, 6.07) is 10.5. The molecule has 1 heterocycles. The van der Waals surface area contributed by atoms with Crippen LogP contribution >= 0.6 is 23.8 Å². The predicted octanol–water partition coefficient (Wildman–Crippen LogP) is 5.62. The van der Waals surface area contributed by atoms with Gasteiger partial charge in [-0.05, 0) is 73.1 Å². The first-order chi connectivity index (χ1) is 17.0. The molecule has 2 aliphatic rings. The smallest absolute Gasteiger partial charge is 0.406 e. The fraction of sp³-hybridized carbons (Fsp3) is 0.240. The van der Waals surface area contributed by atoms with E-state index in [1.54, 1.807) is 32.3 Å². The number of carbonyl (C=O) groups excluding carboxylic acids is 1. The molecule has 0 fully saturated rings. The Hall–Kier alpha value is -3.37. The van der Waals surface area contributed by atoms with Crippen LogP contribution in [-0.2, 0) is 4.79 Å². The lowest BCUT2D eigenvalue weighted by molar-refractivity contribution is -0.274. The van der Waals surface area contributed by atoms with Crippen LogP contribution in [-0.4, -0.2) is 43.4 Å². The summed E-state index contributed by atoms with van der Waals surface area (Å²) in [6.07, 6.45) is 2.01. The third kappa shape index (κ3) is 5.71. The summed E-state index contributed by atoms with van der Waals surface area (Å²) >= 11 is 11.8. The van der Waals surface area contributed by atoms with Crippen molar-refractivity contribution >= 4 is 51.9 Å². The summed E-state index contributed by atoms with van der Waals surface area (Å²) in [5.74, 6) is -0.683. The minimum Gasteiger partial charge on any atom is -0.406 e. The minimum atomic E-state index is -4.78. The lowest BCUT2D eigenvalue weighted by Gasteiger charge is -2.26. The maximum absolute atomic E-state index is 13.4.